The number of imidazole rings is 1. The lowest BCUT2D eigenvalue weighted by atomic mass is 9.85. The van der Waals surface area contributed by atoms with Gasteiger partial charge in [-0.3, -0.25) is 0 Å². The van der Waals surface area contributed by atoms with Crippen LogP contribution in [0.2, 0.25) is 0 Å². The summed E-state index contributed by atoms with van der Waals surface area (Å²) in [4.78, 5) is 4.43. The predicted molar refractivity (Wildman–Crippen MR) is 72.1 cm³/mol. The maximum absolute atomic E-state index is 4.43. The van der Waals surface area contributed by atoms with Crippen LogP contribution in [0.4, 0.5) is 0 Å². The number of nitrogens with zero attached hydrogens (tertiary/aromatic N) is 2. The molecule has 0 unspecified atom stereocenters. The first kappa shape index (κ1) is 11.9. The maximum atomic E-state index is 4.43. The fourth-order valence-corrected chi connectivity index (χ4v) is 1.92. The molecule has 90 valence electrons. The highest BCUT2D eigenvalue weighted by Crippen LogP contribution is 2.29. The quantitative estimate of drug-likeness (QED) is 0.728. The van der Waals surface area contributed by atoms with E-state index in [-0.39, 0.29) is 5.41 Å². The highest BCUT2D eigenvalue weighted by molar-refractivity contribution is 5.64. The van der Waals surface area contributed by atoms with Gasteiger partial charge in [0, 0.05) is 18.8 Å². The summed E-state index contributed by atoms with van der Waals surface area (Å²) in [6.45, 7) is 8.84. The van der Waals surface area contributed by atoms with Gasteiger partial charge in [0.2, 0.25) is 0 Å². The van der Waals surface area contributed by atoms with Crippen molar-refractivity contribution in [2.45, 2.75) is 33.1 Å². The van der Waals surface area contributed by atoms with Crippen molar-refractivity contribution in [2.24, 2.45) is 7.05 Å². The van der Waals surface area contributed by atoms with E-state index < -0.39 is 0 Å². The van der Waals surface area contributed by atoms with E-state index in [4.69, 9.17) is 0 Å². The average molecular weight is 228 g/mol. The molecule has 0 aliphatic rings. The molecule has 0 fully saturated rings. The molecular formula is C15H20N2. The third kappa shape index (κ3) is 2.41. The molecule has 0 saturated heterocycles. The number of hydrogen-bond acceptors (Lipinski definition) is 1. The maximum Gasteiger partial charge on any atom is 0.0951 e. The smallest absolute Gasteiger partial charge is 0.0951 e. The van der Waals surface area contributed by atoms with Gasteiger partial charge in [0.15, 0.2) is 0 Å². The van der Waals surface area contributed by atoms with Crippen LogP contribution in [0.15, 0.2) is 30.7 Å². The average Bonchev–Trinajstić information content (AvgIpc) is 2.63. The molecule has 0 spiro atoms. The van der Waals surface area contributed by atoms with Crippen molar-refractivity contribution >= 4 is 0 Å². The number of hydrogen-bond donors (Lipinski definition) is 0. The summed E-state index contributed by atoms with van der Waals surface area (Å²) in [5, 5.41) is 0. The van der Waals surface area contributed by atoms with Crippen LogP contribution in [0.3, 0.4) is 0 Å². The summed E-state index contributed by atoms with van der Waals surface area (Å²) in [6.07, 6.45) is 3.91. The number of benzene rings is 1. The Morgan fingerprint density at radius 2 is 1.88 bits per heavy atom. The molecule has 0 aliphatic carbocycles. The van der Waals surface area contributed by atoms with E-state index in [1.54, 1.807) is 0 Å². The number of rotatable bonds is 1. The third-order valence-electron chi connectivity index (χ3n) is 3.08. The van der Waals surface area contributed by atoms with Crippen LogP contribution in [0.25, 0.3) is 11.3 Å². The molecule has 1 aromatic carbocycles. The molecule has 2 rings (SSSR count). The molecule has 0 aliphatic heterocycles. The molecule has 0 bridgehead atoms. The first-order valence-corrected chi connectivity index (χ1v) is 5.97. The summed E-state index contributed by atoms with van der Waals surface area (Å²) in [7, 11) is 2.00. The van der Waals surface area contributed by atoms with Gasteiger partial charge in [0.25, 0.3) is 0 Å². The van der Waals surface area contributed by atoms with Crippen molar-refractivity contribution in [3.05, 3.63) is 41.9 Å². The van der Waals surface area contributed by atoms with Crippen molar-refractivity contribution in [1.82, 2.24) is 9.55 Å². The second-order valence-corrected chi connectivity index (χ2v) is 5.70. The van der Waals surface area contributed by atoms with Gasteiger partial charge in [-0.2, -0.15) is 0 Å². The van der Waals surface area contributed by atoms with E-state index in [9.17, 15) is 0 Å². The highest BCUT2D eigenvalue weighted by Gasteiger charge is 2.15. The van der Waals surface area contributed by atoms with Crippen molar-refractivity contribution in [2.75, 3.05) is 0 Å². The Kier molecular flexibility index (Phi) is 2.82. The Balaban J connectivity index is 2.54. The molecule has 2 nitrogen and oxygen atoms in total. The van der Waals surface area contributed by atoms with Gasteiger partial charge in [-0.15, -0.1) is 0 Å². The molecule has 2 heteroatoms. The van der Waals surface area contributed by atoms with Crippen LogP contribution < -0.4 is 0 Å². The van der Waals surface area contributed by atoms with Gasteiger partial charge in [-0.05, 0) is 29.5 Å². The van der Waals surface area contributed by atoms with Gasteiger partial charge in [0.1, 0.15) is 0 Å². The molecule has 0 atom stereocenters. The van der Waals surface area contributed by atoms with Crippen LogP contribution in [0, 0.1) is 6.92 Å². The van der Waals surface area contributed by atoms with E-state index in [0.29, 0.717) is 0 Å². The van der Waals surface area contributed by atoms with Gasteiger partial charge in [-0.1, -0.05) is 32.9 Å². The van der Waals surface area contributed by atoms with E-state index in [1.165, 1.54) is 16.7 Å². The Hall–Kier alpha value is -1.57. The van der Waals surface area contributed by atoms with Gasteiger partial charge < -0.3 is 4.57 Å². The lowest BCUT2D eigenvalue weighted by molar-refractivity contribution is 0.590. The molecule has 2 aromatic rings. The van der Waals surface area contributed by atoms with E-state index in [2.05, 4.69) is 57.1 Å². The van der Waals surface area contributed by atoms with Gasteiger partial charge in [0.05, 0.1) is 12.0 Å². The standard InChI is InChI=1S/C15H20N2/c1-11-6-7-12(15(2,3)4)8-13(11)14-9-17(5)10-16-14/h6-10H,1-5H3. The zero-order chi connectivity index (χ0) is 12.6. The first-order chi connectivity index (χ1) is 7.88. The Bertz CT molecular complexity index is 530. The first-order valence-electron chi connectivity index (χ1n) is 5.97. The summed E-state index contributed by atoms with van der Waals surface area (Å²) in [5.41, 5.74) is 5.09. The molecule has 1 aromatic heterocycles. The predicted octanol–water partition coefficient (Wildman–Crippen LogP) is 3.69. The molecular weight excluding hydrogens is 208 g/mol. The second-order valence-electron chi connectivity index (χ2n) is 5.70. The minimum atomic E-state index is 0.178. The van der Waals surface area contributed by atoms with E-state index in [0.717, 1.165) is 5.69 Å². The Morgan fingerprint density at radius 1 is 1.18 bits per heavy atom. The SMILES string of the molecule is Cc1ccc(C(C)(C)C)cc1-c1cn(C)cn1. The lowest BCUT2D eigenvalue weighted by Crippen LogP contribution is -2.11. The highest BCUT2D eigenvalue weighted by atomic mass is 15.0. The topological polar surface area (TPSA) is 17.8 Å². The monoisotopic (exact) mass is 228 g/mol. The normalized spacial score (nSPS) is 11.8. The zero-order valence-electron chi connectivity index (χ0n) is 11.3. The van der Waals surface area contributed by atoms with Crippen LogP contribution in [-0.4, -0.2) is 9.55 Å². The minimum Gasteiger partial charge on any atom is -0.340 e. The zero-order valence-corrected chi connectivity index (χ0v) is 11.3. The van der Waals surface area contributed by atoms with Crippen molar-refractivity contribution in [3.8, 4) is 11.3 Å². The van der Waals surface area contributed by atoms with Crippen LogP contribution >= 0.6 is 0 Å². The minimum absolute atomic E-state index is 0.178. The molecule has 0 N–H and O–H groups in total. The van der Waals surface area contributed by atoms with E-state index >= 15 is 0 Å². The van der Waals surface area contributed by atoms with Crippen LogP contribution in [-0.2, 0) is 12.5 Å². The summed E-state index contributed by atoms with van der Waals surface area (Å²) in [5.74, 6) is 0. The summed E-state index contributed by atoms with van der Waals surface area (Å²) in [6, 6.07) is 6.66. The van der Waals surface area contributed by atoms with Gasteiger partial charge >= 0.3 is 0 Å². The third-order valence-corrected chi connectivity index (χ3v) is 3.08. The van der Waals surface area contributed by atoms with Crippen molar-refractivity contribution in [3.63, 3.8) is 0 Å². The molecule has 0 saturated carbocycles. The van der Waals surface area contributed by atoms with Gasteiger partial charge in [-0.25, -0.2) is 4.98 Å². The summed E-state index contributed by atoms with van der Waals surface area (Å²) < 4.78 is 1.98. The number of aromatic nitrogens is 2. The molecule has 17 heavy (non-hydrogen) atoms. The van der Waals surface area contributed by atoms with Crippen molar-refractivity contribution < 1.29 is 0 Å². The molecule has 1 heterocycles. The van der Waals surface area contributed by atoms with Crippen LogP contribution in [0.5, 0.6) is 0 Å². The van der Waals surface area contributed by atoms with Crippen LogP contribution in [0.1, 0.15) is 31.9 Å². The number of aryl methyl sites for hydroxylation is 2. The molecule has 0 radical (unpaired) electrons. The fourth-order valence-electron chi connectivity index (χ4n) is 1.92. The second kappa shape index (κ2) is 4.02. The summed E-state index contributed by atoms with van der Waals surface area (Å²) >= 11 is 0. The largest absolute Gasteiger partial charge is 0.340 e. The van der Waals surface area contributed by atoms with Crippen molar-refractivity contribution in [1.29, 1.82) is 0 Å². The molecule has 0 amide bonds. The lowest BCUT2D eigenvalue weighted by Gasteiger charge is -2.20. The Morgan fingerprint density at radius 3 is 2.41 bits per heavy atom. The van der Waals surface area contributed by atoms with E-state index in [1.807, 2.05) is 17.9 Å². The fraction of sp³-hybridized carbons (Fsp3) is 0.400. The Labute approximate surface area is 103 Å².